The van der Waals surface area contributed by atoms with Gasteiger partial charge in [-0.25, -0.2) is 0 Å². The van der Waals surface area contributed by atoms with Crippen LogP contribution in [0.25, 0.3) is 0 Å². The highest BCUT2D eigenvalue weighted by atomic mass is 32.2. The minimum atomic E-state index is -0.272. The second-order valence-electron chi connectivity index (χ2n) is 6.21. The first-order chi connectivity index (χ1) is 11.9. The van der Waals surface area contributed by atoms with Crippen LogP contribution in [-0.2, 0) is 9.61 Å². The molecule has 2 aliphatic rings. The third-order valence-electron chi connectivity index (χ3n) is 4.70. The van der Waals surface area contributed by atoms with E-state index in [4.69, 9.17) is 4.74 Å². The lowest BCUT2D eigenvalue weighted by Crippen LogP contribution is -2.34. The predicted molar refractivity (Wildman–Crippen MR) is 98.1 cm³/mol. The van der Waals surface area contributed by atoms with E-state index in [1.807, 2.05) is 17.8 Å². The van der Waals surface area contributed by atoms with Crippen molar-refractivity contribution in [1.82, 2.24) is 0 Å². The zero-order valence-corrected chi connectivity index (χ0v) is 13.9. The molecule has 0 unspecified atom stereocenters. The molecule has 1 saturated heterocycles. The molecule has 0 amide bonds. The molecule has 3 aromatic rings. The first-order valence-corrected chi connectivity index (χ1v) is 9.01. The van der Waals surface area contributed by atoms with Crippen molar-refractivity contribution in [2.75, 3.05) is 5.32 Å². The van der Waals surface area contributed by atoms with Crippen LogP contribution in [0.1, 0.15) is 17.2 Å². The quantitative estimate of drug-likeness (QED) is 0.668. The second kappa shape index (κ2) is 5.40. The Morgan fingerprint density at radius 1 is 0.792 bits per heavy atom. The number of thioether (sulfide) groups is 1. The number of ether oxygens (including phenoxy) is 1. The van der Waals surface area contributed by atoms with E-state index in [-0.39, 0.29) is 17.1 Å². The Kier molecular flexibility index (Phi) is 3.18. The van der Waals surface area contributed by atoms with E-state index in [0.717, 1.165) is 0 Å². The van der Waals surface area contributed by atoms with Gasteiger partial charge in [0.25, 0.3) is 0 Å². The van der Waals surface area contributed by atoms with Gasteiger partial charge < -0.3 is 10.1 Å². The summed E-state index contributed by atoms with van der Waals surface area (Å²) in [5.41, 5.74) is 3.69. The smallest absolute Gasteiger partial charge is 0.143 e. The number of fused-ring (bicyclic) bond motifs is 1. The Balaban J connectivity index is 1.56. The van der Waals surface area contributed by atoms with Gasteiger partial charge in [-0.15, -0.1) is 0 Å². The lowest BCUT2D eigenvalue weighted by Gasteiger charge is -2.28. The van der Waals surface area contributed by atoms with E-state index in [0.29, 0.717) is 0 Å². The number of rotatable bonds is 3. The molecular weight excluding hydrogens is 314 g/mol. The highest BCUT2D eigenvalue weighted by Gasteiger charge is 2.59. The molecule has 0 radical (unpaired) electrons. The molecule has 3 atom stereocenters. The Hall–Kier alpha value is -2.23. The molecule has 2 nitrogen and oxygen atoms in total. The fourth-order valence-corrected chi connectivity index (χ4v) is 4.92. The number of anilines is 1. The van der Waals surface area contributed by atoms with Crippen molar-refractivity contribution in [1.29, 1.82) is 0 Å². The largest absolute Gasteiger partial charge is 0.364 e. The van der Waals surface area contributed by atoms with Crippen LogP contribution in [0.2, 0.25) is 0 Å². The molecule has 3 aromatic carbocycles. The number of hydrogen-bond donors (Lipinski definition) is 1. The average Bonchev–Trinajstić information content (AvgIpc) is 3.37. The van der Waals surface area contributed by atoms with Gasteiger partial charge in [0, 0.05) is 10.6 Å². The van der Waals surface area contributed by atoms with Crippen LogP contribution >= 0.6 is 11.8 Å². The van der Waals surface area contributed by atoms with Crippen molar-refractivity contribution >= 4 is 17.4 Å². The molecule has 0 spiro atoms. The summed E-state index contributed by atoms with van der Waals surface area (Å²) in [4.78, 5) is 1.01. The van der Waals surface area contributed by atoms with Crippen molar-refractivity contribution in [2.45, 2.75) is 22.0 Å². The monoisotopic (exact) mass is 331 g/mol. The Morgan fingerprint density at radius 3 is 2.21 bits per heavy atom. The Labute approximate surface area is 145 Å². The highest BCUT2D eigenvalue weighted by Crippen LogP contribution is 2.61. The Morgan fingerprint density at radius 2 is 1.46 bits per heavy atom. The van der Waals surface area contributed by atoms with E-state index < -0.39 is 0 Å². The molecule has 2 aliphatic heterocycles. The average molecular weight is 331 g/mol. The molecule has 5 rings (SSSR count). The molecule has 118 valence electrons. The van der Waals surface area contributed by atoms with Crippen molar-refractivity contribution in [3.63, 3.8) is 0 Å². The first kappa shape index (κ1) is 14.1. The standard InChI is InChI=1S/C21H17NOS/c1-3-9-15(10-4-1)19-20(23-19)21(16-11-5-2-6-12-16)22-17-13-7-8-14-18(17)24-21/h1-14,19-20,22H/t19-,20-,21-/m0/s1. The summed E-state index contributed by atoms with van der Waals surface area (Å²) in [5, 5.41) is 3.76. The fourth-order valence-electron chi connectivity index (χ4n) is 3.49. The van der Waals surface area contributed by atoms with Crippen LogP contribution in [-0.4, -0.2) is 6.10 Å². The minimum Gasteiger partial charge on any atom is -0.364 e. The van der Waals surface area contributed by atoms with Crippen molar-refractivity contribution in [2.24, 2.45) is 0 Å². The van der Waals surface area contributed by atoms with E-state index in [9.17, 15) is 0 Å². The molecule has 1 fully saturated rings. The molecule has 0 bridgehead atoms. The normalized spacial score (nSPS) is 27.3. The second-order valence-corrected chi connectivity index (χ2v) is 7.50. The van der Waals surface area contributed by atoms with Gasteiger partial charge in [0.05, 0.1) is 0 Å². The molecule has 0 saturated carbocycles. The van der Waals surface area contributed by atoms with E-state index in [1.54, 1.807) is 0 Å². The van der Waals surface area contributed by atoms with E-state index >= 15 is 0 Å². The van der Waals surface area contributed by atoms with Crippen LogP contribution in [0.4, 0.5) is 5.69 Å². The summed E-state index contributed by atoms with van der Waals surface area (Å²) in [6, 6.07) is 29.6. The summed E-state index contributed by atoms with van der Waals surface area (Å²) in [6.45, 7) is 0. The zero-order valence-electron chi connectivity index (χ0n) is 13.1. The maximum atomic E-state index is 6.19. The molecule has 0 aliphatic carbocycles. The zero-order chi connectivity index (χ0) is 16.0. The van der Waals surface area contributed by atoms with Gasteiger partial charge >= 0.3 is 0 Å². The predicted octanol–water partition coefficient (Wildman–Crippen LogP) is 5.20. The number of hydrogen-bond acceptors (Lipinski definition) is 3. The molecule has 2 heterocycles. The Bertz CT molecular complexity index is 840. The van der Waals surface area contributed by atoms with Crippen molar-refractivity contribution in [3.05, 3.63) is 96.1 Å². The molecule has 0 aromatic heterocycles. The van der Waals surface area contributed by atoms with Gasteiger partial charge in [-0.05, 0) is 23.3 Å². The van der Waals surface area contributed by atoms with E-state index in [1.165, 1.54) is 21.7 Å². The first-order valence-electron chi connectivity index (χ1n) is 8.19. The summed E-state index contributed by atoms with van der Waals surface area (Å²) >= 11 is 1.87. The minimum absolute atomic E-state index is 0.111. The maximum absolute atomic E-state index is 6.19. The van der Waals surface area contributed by atoms with Crippen LogP contribution in [0.15, 0.2) is 89.8 Å². The van der Waals surface area contributed by atoms with Gasteiger partial charge in [-0.1, -0.05) is 84.6 Å². The van der Waals surface area contributed by atoms with Crippen LogP contribution in [0.5, 0.6) is 0 Å². The molecule has 1 N–H and O–H groups in total. The molecule has 24 heavy (non-hydrogen) atoms. The summed E-state index contributed by atoms with van der Waals surface area (Å²) < 4.78 is 6.19. The maximum Gasteiger partial charge on any atom is 0.143 e. The number of para-hydroxylation sites is 1. The van der Waals surface area contributed by atoms with Gasteiger partial charge in [0.1, 0.15) is 17.1 Å². The third kappa shape index (κ3) is 2.16. The fraction of sp³-hybridized carbons (Fsp3) is 0.143. The van der Waals surface area contributed by atoms with Gasteiger partial charge in [0.2, 0.25) is 0 Å². The van der Waals surface area contributed by atoms with Gasteiger partial charge in [-0.2, -0.15) is 0 Å². The van der Waals surface area contributed by atoms with Crippen molar-refractivity contribution in [3.8, 4) is 0 Å². The molecular formula is C21H17NOS. The third-order valence-corrected chi connectivity index (χ3v) is 6.17. The van der Waals surface area contributed by atoms with Gasteiger partial charge in [0.15, 0.2) is 0 Å². The topological polar surface area (TPSA) is 24.6 Å². The lowest BCUT2D eigenvalue weighted by molar-refractivity contribution is 0.348. The van der Waals surface area contributed by atoms with Gasteiger partial charge in [-0.3, -0.25) is 0 Å². The lowest BCUT2D eigenvalue weighted by atomic mass is 9.98. The SMILES string of the molecule is c1ccc([C@@H]2O[C@@H]2[C@@]2(c3ccccc3)Nc3ccccc3S2)cc1. The van der Waals surface area contributed by atoms with Crippen LogP contribution in [0.3, 0.4) is 0 Å². The van der Waals surface area contributed by atoms with Crippen LogP contribution in [0, 0.1) is 0 Å². The van der Waals surface area contributed by atoms with Crippen LogP contribution < -0.4 is 5.32 Å². The molecule has 3 heteroatoms. The summed E-state index contributed by atoms with van der Waals surface area (Å²) in [7, 11) is 0. The summed E-state index contributed by atoms with van der Waals surface area (Å²) in [6.07, 6.45) is 0.250. The van der Waals surface area contributed by atoms with E-state index in [2.05, 4.69) is 84.2 Å². The highest BCUT2D eigenvalue weighted by molar-refractivity contribution is 8.01. The number of benzene rings is 3. The number of nitrogens with one attached hydrogen (secondary N) is 1. The summed E-state index contributed by atoms with van der Waals surface area (Å²) in [5.74, 6) is 0. The van der Waals surface area contributed by atoms with Crippen molar-refractivity contribution < 1.29 is 4.74 Å². The number of epoxide rings is 1.